The molecule has 1 aliphatic heterocycles. The van der Waals surface area contributed by atoms with Crippen LogP contribution in [0.25, 0.3) is 0 Å². The van der Waals surface area contributed by atoms with Crippen LogP contribution in [0.2, 0.25) is 0 Å². The van der Waals surface area contributed by atoms with E-state index >= 15 is 0 Å². The summed E-state index contributed by atoms with van der Waals surface area (Å²) in [6.07, 6.45) is -0.543. The molecule has 0 radical (unpaired) electrons. The van der Waals surface area contributed by atoms with Crippen LogP contribution in [0, 0.1) is 0 Å². The SMILES string of the molecule is O=Cc1ccc(N(C[C@H]2CC[C@@H](CN(C(=O)O)c3ccc(C=O)cc3)O2)C(=O)O)cc1. The minimum atomic E-state index is -1.15. The quantitative estimate of drug-likeness (QED) is 0.619. The van der Waals surface area contributed by atoms with Crippen molar-refractivity contribution in [3.8, 4) is 0 Å². The lowest BCUT2D eigenvalue weighted by Gasteiger charge is -2.25. The Hall–Kier alpha value is -3.72. The van der Waals surface area contributed by atoms with Crippen LogP contribution in [0.5, 0.6) is 0 Å². The number of hydrogen-bond acceptors (Lipinski definition) is 5. The van der Waals surface area contributed by atoms with Crippen LogP contribution in [0.3, 0.4) is 0 Å². The van der Waals surface area contributed by atoms with Gasteiger partial charge in [-0.3, -0.25) is 19.4 Å². The summed E-state index contributed by atoms with van der Waals surface area (Å²) >= 11 is 0. The highest BCUT2D eigenvalue weighted by molar-refractivity contribution is 5.88. The fraction of sp³-hybridized carbons (Fsp3) is 0.273. The molecule has 1 fully saturated rings. The predicted octanol–water partition coefficient (Wildman–Crippen LogP) is 3.53. The molecule has 1 heterocycles. The normalized spacial score (nSPS) is 17.7. The highest BCUT2D eigenvalue weighted by Gasteiger charge is 2.31. The molecule has 2 atom stereocenters. The first-order valence-electron chi connectivity index (χ1n) is 9.68. The monoisotopic (exact) mass is 426 g/mol. The second-order valence-corrected chi connectivity index (χ2v) is 7.16. The van der Waals surface area contributed by atoms with Crippen molar-refractivity contribution < 1.29 is 34.1 Å². The second-order valence-electron chi connectivity index (χ2n) is 7.16. The average Bonchev–Trinajstić information content (AvgIpc) is 3.23. The number of rotatable bonds is 8. The Bertz CT molecular complexity index is 866. The molecule has 0 unspecified atom stereocenters. The van der Waals surface area contributed by atoms with Gasteiger partial charge in [-0.05, 0) is 61.4 Å². The number of carboxylic acid groups (broad SMARTS) is 2. The summed E-state index contributed by atoms with van der Waals surface area (Å²) in [4.78, 5) is 47.3. The maximum Gasteiger partial charge on any atom is 0.411 e. The van der Waals surface area contributed by atoms with E-state index in [1.807, 2.05) is 0 Å². The lowest BCUT2D eigenvalue weighted by Crippen LogP contribution is -2.39. The van der Waals surface area contributed by atoms with E-state index in [2.05, 4.69) is 0 Å². The van der Waals surface area contributed by atoms with E-state index in [1.54, 1.807) is 24.3 Å². The van der Waals surface area contributed by atoms with E-state index in [-0.39, 0.29) is 25.3 Å². The van der Waals surface area contributed by atoms with Gasteiger partial charge in [-0.25, -0.2) is 9.59 Å². The zero-order chi connectivity index (χ0) is 22.4. The van der Waals surface area contributed by atoms with E-state index in [1.165, 1.54) is 24.3 Å². The summed E-state index contributed by atoms with van der Waals surface area (Å²) in [6.45, 7) is 0.181. The fourth-order valence-electron chi connectivity index (χ4n) is 3.51. The third kappa shape index (κ3) is 5.46. The smallest absolute Gasteiger partial charge is 0.411 e. The van der Waals surface area contributed by atoms with Crippen LogP contribution in [-0.2, 0) is 4.74 Å². The summed E-state index contributed by atoms with van der Waals surface area (Å²) in [7, 11) is 0. The van der Waals surface area contributed by atoms with Crippen molar-refractivity contribution in [1.82, 2.24) is 0 Å². The molecule has 2 aromatic rings. The first kappa shape index (κ1) is 22.0. The van der Waals surface area contributed by atoms with Gasteiger partial charge in [0.15, 0.2) is 0 Å². The van der Waals surface area contributed by atoms with Gasteiger partial charge >= 0.3 is 12.2 Å². The Morgan fingerprint density at radius 3 is 1.42 bits per heavy atom. The third-order valence-electron chi connectivity index (χ3n) is 5.11. The fourth-order valence-corrected chi connectivity index (χ4v) is 3.51. The molecule has 31 heavy (non-hydrogen) atoms. The zero-order valence-electron chi connectivity index (χ0n) is 16.6. The highest BCUT2D eigenvalue weighted by atomic mass is 16.5. The van der Waals surface area contributed by atoms with Crippen molar-refractivity contribution in [1.29, 1.82) is 0 Å². The van der Waals surface area contributed by atoms with E-state index in [0.29, 0.717) is 47.9 Å². The number of aldehydes is 2. The van der Waals surface area contributed by atoms with Crippen LogP contribution in [0.1, 0.15) is 33.6 Å². The zero-order valence-corrected chi connectivity index (χ0v) is 16.6. The third-order valence-corrected chi connectivity index (χ3v) is 5.11. The van der Waals surface area contributed by atoms with Crippen LogP contribution in [0.15, 0.2) is 48.5 Å². The molecule has 9 heteroatoms. The van der Waals surface area contributed by atoms with Gasteiger partial charge in [-0.1, -0.05) is 0 Å². The Balaban J connectivity index is 1.64. The van der Waals surface area contributed by atoms with Gasteiger partial charge in [0.1, 0.15) is 12.6 Å². The van der Waals surface area contributed by atoms with E-state index in [9.17, 15) is 29.4 Å². The standard InChI is InChI=1S/C22H22N2O7/c25-13-15-1-5-17(6-2-15)23(21(27)28)11-19-9-10-20(31-19)12-24(22(29)30)18-7-3-16(14-26)4-8-18/h1-8,13-14,19-20H,9-12H2,(H,27,28)(H,29,30)/t19-,20+. The van der Waals surface area contributed by atoms with Gasteiger partial charge in [0.05, 0.1) is 25.3 Å². The summed E-state index contributed by atoms with van der Waals surface area (Å²) in [5.74, 6) is 0. The van der Waals surface area contributed by atoms with Crippen LogP contribution < -0.4 is 9.80 Å². The number of carbonyl (C=O) groups excluding carboxylic acids is 2. The molecule has 162 valence electrons. The maximum atomic E-state index is 11.7. The van der Waals surface area contributed by atoms with Crippen molar-refractivity contribution in [2.75, 3.05) is 22.9 Å². The molecular weight excluding hydrogens is 404 g/mol. The van der Waals surface area contributed by atoms with Gasteiger partial charge < -0.3 is 14.9 Å². The molecule has 1 aliphatic rings. The molecule has 3 rings (SSSR count). The lowest BCUT2D eigenvalue weighted by atomic mass is 10.1. The van der Waals surface area contributed by atoms with Crippen LogP contribution in [0.4, 0.5) is 21.0 Å². The molecule has 0 saturated carbocycles. The van der Waals surface area contributed by atoms with Gasteiger partial charge in [-0.15, -0.1) is 0 Å². The summed E-state index contributed by atoms with van der Waals surface area (Å²) in [6, 6.07) is 12.4. The van der Waals surface area contributed by atoms with Gasteiger partial charge in [0.2, 0.25) is 0 Å². The van der Waals surface area contributed by atoms with Crippen molar-refractivity contribution in [2.45, 2.75) is 25.0 Å². The van der Waals surface area contributed by atoms with Crippen molar-refractivity contribution >= 4 is 36.1 Å². The molecule has 2 amide bonds. The number of ether oxygens (including phenoxy) is 1. The van der Waals surface area contributed by atoms with Gasteiger partial charge in [-0.2, -0.15) is 0 Å². The molecular formula is C22H22N2O7. The molecule has 1 saturated heterocycles. The van der Waals surface area contributed by atoms with E-state index in [0.717, 1.165) is 9.80 Å². The number of benzene rings is 2. The van der Waals surface area contributed by atoms with Crippen LogP contribution >= 0.6 is 0 Å². The highest BCUT2D eigenvalue weighted by Crippen LogP contribution is 2.26. The number of nitrogens with zero attached hydrogens (tertiary/aromatic N) is 2. The average molecular weight is 426 g/mol. The largest absolute Gasteiger partial charge is 0.465 e. The molecule has 0 spiro atoms. The maximum absolute atomic E-state index is 11.7. The topological polar surface area (TPSA) is 124 Å². The minimum Gasteiger partial charge on any atom is -0.465 e. The lowest BCUT2D eigenvalue weighted by molar-refractivity contribution is 0.0528. The molecule has 2 aromatic carbocycles. The molecule has 2 N–H and O–H groups in total. The van der Waals surface area contributed by atoms with Crippen LogP contribution in [-0.4, -0.2) is 60.3 Å². The Morgan fingerprint density at radius 2 is 1.13 bits per heavy atom. The van der Waals surface area contributed by atoms with E-state index < -0.39 is 12.2 Å². The number of anilines is 2. The van der Waals surface area contributed by atoms with Crippen molar-refractivity contribution in [2.24, 2.45) is 0 Å². The summed E-state index contributed by atoms with van der Waals surface area (Å²) in [5, 5.41) is 19.2. The second kappa shape index (κ2) is 9.86. The Labute approximate surface area is 178 Å². The van der Waals surface area contributed by atoms with Gasteiger partial charge in [0.25, 0.3) is 0 Å². The van der Waals surface area contributed by atoms with Gasteiger partial charge in [0, 0.05) is 22.5 Å². The predicted molar refractivity (Wildman–Crippen MR) is 112 cm³/mol. The summed E-state index contributed by atoms with van der Waals surface area (Å²) < 4.78 is 5.93. The number of amides is 2. The molecule has 0 bridgehead atoms. The molecule has 9 nitrogen and oxygen atoms in total. The van der Waals surface area contributed by atoms with E-state index in [4.69, 9.17) is 4.74 Å². The number of carbonyl (C=O) groups is 4. The number of hydrogen-bond donors (Lipinski definition) is 2. The minimum absolute atomic E-state index is 0.0906. The first-order valence-corrected chi connectivity index (χ1v) is 9.68. The molecule has 0 aromatic heterocycles. The Morgan fingerprint density at radius 1 is 0.774 bits per heavy atom. The van der Waals surface area contributed by atoms with Crippen molar-refractivity contribution in [3.63, 3.8) is 0 Å². The first-order chi connectivity index (χ1) is 14.9. The van der Waals surface area contributed by atoms with Crippen molar-refractivity contribution in [3.05, 3.63) is 59.7 Å². The Kier molecular flexibility index (Phi) is 6.99. The summed E-state index contributed by atoms with van der Waals surface area (Å²) in [5.41, 5.74) is 1.74. The molecule has 0 aliphatic carbocycles.